The Hall–Kier alpha value is 0.700. The Balaban J connectivity index is 2.14. The summed E-state index contributed by atoms with van der Waals surface area (Å²) in [5.41, 5.74) is 0.654. The Labute approximate surface area is 97.0 Å². The average molecular weight is 230 g/mol. The number of hydrogen-bond donors (Lipinski definition) is 0. The van der Waals surface area contributed by atoms with Gasteiger partial charge in [-0.1, -0.05) is 13.8 Å². The molecule has 0 radical (unpaired) electrons. The fourth-order valence-corrected chi connectivity index (χ4v) is 5.62. The molecule has 2 aliphatic carbocycles. The van der Waals surface area contributed by atoms with Gasteiger partial charge < -0.3 is 0 Å². The van der Waals surface area contributed by atoms with Crippen molar-refractivity contribution < 1.29 is 0 Å². The Kier molecular flexibility index (Phi) is 2.67. The van der Waals surface area contributed by atoms with Crippen LogP contribution in [0.25, 0.3) is 0 Å². The van der Waals surface area contributed by atoms with E-state index in [2.05, 4.69) is 56.8 Å². The molecule has 0 spiro atoms. The fraction of sp³-hybridized carbons (Fsp3) is 1.00. The second-order valence-corrected chi connectivity index (χ2v) is 8.10. The lowest BCUT2D eigenvalue weighted by Crippen LogP contribution is -2.37. The van der Waals surface area contributed by atoms with Crippen LogP contribution in [0.4, 0.5) is 0 Å². The molecule has 0 nitrogen and oxygen atoms in total. The van der Waals surface area contributed by atoms with Crippen LogP contribution in [-0.4, -0.2) is 22.5 Å². The van der Waals surface area contributed by atoms with Crippen LogP contribution in [0.15, 0.2) is 0 Å². The molecule has 0 N–H and O–H groups in total. The van der Waals surface area contributed by atoms with Crippen molar-refractivity contribution in [2.45, 2.75) is 43.6 Å². The highest BCUT2D eigenvalue weighted by molar-refractivity contribution is 8.03. The van der Waals surface area contributed by atoms with Crippen molar-refractivity contribution >= 4 is 23.5 Å². The smallest absolute Gasteiger partial charge is 0.0250 e. The third kappa shape index (κ3) is 1.44. The standard InChI is InChI=1S/C12H22S2/c1-11(2)8-6-10(13-4)12(3,14-5)7-9(8)11/h8-10H,6-7H2,1-5H3/t8-,9+,10-,12-/m1/s1. The molecule has 0 bridgehead atoms. The zero-order chi connectivity index (χ0) is 10.6. The predicted molar refractivity (Wildman–Crippen MR) is 69.2 cm³/mol. The topological polar surface area (TPSA) is 0 Å². The van der Waals surface area contributed by atoms with Gasteiger partial charge in [-0.05, 0) is 49.5 Å². The van der Waals surface area contributed by atoms with Crippen LogP contribution in [0.3, 0.4) is 0 Å². The zero-order valence-corrected chi connectivity index (χ0v) is 11.6. The van der Waals surface area contributed by atoms with E-state index in [1.807, 2.05) is 0 Å². The average Bonchev–Trinajstić information content (AvgIpc) is 2.66. The van der Waals surface area contributed by atoms with Crippen molar-refractivity contribution in [1.29, 1.82) is 0 Å². The van der Waals surface area contributed by atoms with Crippen molar-refractivity contribution in [3.05, 3.63) is 0 Å². The molecule has 2 aliphatic rings. The van der Waals surface area contributed by atoms with Gasteiger partial charge in [-0.25, -0.2) is 0 Å². The van der Waals surface area contributed by atoms with Gasteiger partial charge in [0.05, 0.1) is 0 Å². The minimum absolute atomic E-state index is 0.536. The Bertz CT molecular complexity index is 236. The summed E-state index contributed by atoms with van der Waals surface area (Å²) in [6.45, 7) is 7.40. The lowest BCUT2D eigenvalue weighted by atomic mass is 9.89. The first kappa shape index (κ1) is 11.2. The van der Waals surface area contributed by atoms with Crippen molar-refractivity contribution in [2.75, 3.05) is 12.5 Å². The Morgan fingerprint density at radius 3 is 2.21 bits per heavy atom. The van der Waals surface area contributed by atoms with E-state index in [4.69, 9.17) is 0 Å². The number of thioether (sulfide) groups is 2. The van der Waals surface area contributed by atoms with Crippen molar-refractivity contribution in [2.24, 2.45) is 17.3 Å². The SMILES string of the molecule is CS[C@@H]1C[C@@H]2[C@H](C[C@@]1(C)SC)C2(C)C. The van der Waals surface area contributed by atoms with Crippen molar-refractivity contribution in [3.8, 4) is 0 Å². The molecule has 2 rings (SSSR count). The first-order valence-electron chi connectivity index (χ1n) is 5.53. The summed E-state index contributed by atoms with van der Waals surface area (Å²) >= 11 is 4.18. The fourth-order valence-electron chi connectivity index (χ4n) is 3.34. The summed E-state index contributed by atoms with van der Waals surface area (Å²) in [6.07, 6.45) is 7.47. The highest BCUT2D eigenvalue weighted by atomic mass is 32.2. The van der Waals surface area contributed by atoms with Gasteiger partial charge in [0.25, 0.3) is 0 Å². The lowest BCUT2D eigenvalue weighted by Gasteiger charge is -2.39. The second-order valence-electron chi connectivity index (χ2n) is 5.72. The maximum absolute atomic E-state index is 2.48. The predicted octanol–water partition coefficient (Wildman–Crippen LogP) is 3.91. The maximum Gasteiger partial charge on any atom is 0.0250 e. The molecule has 82 valence electrons. The van der Waals surface area contributed by atoms with Gasteiger partial charge in [-0.15, -0.1) is 0 Å². The molecule has 14 heavy (non-hydrogen) atoms. The van der Waals surface area contributed by atoms with Gasteiger partial charge in [-0.3, -0.25) is 0 Å². The van der Waals surface area contributed by atoms with Crippen LogP contribution in [-0.2, 0) is 0 Å². The first-order chi connectivity index (χ1) is 6.45. The molecular weight excluding hydrogens is 208 g/mol. The van der Waals surface area contributed by atoms with E-state index in [1.165, 1.54) is 12.8 Å². The lowest BCUT2D eigenvalue weighted by molar-refractivity contribution is 0.415. The molecular formula is C12H22S2. The summed E-state index contributed by atoms with van der Waals surface area (Å²) in [6, 6.07) is 0. The van der Waals surface area contributed by atoms with E-state index in [0.29, 0.717) is 10.2 Å². The van der Waals surface area contributed by atoms with Crippen molar-refractivity contribution in [3.63, 3.8) is 0 Å². The van der Waals surface area contributed by atoms with Crippen LogP contribution < -0.4 is 0 Å². The van der Waals surface area contributed by atoms with Crippen LogP contribution in [0.5, 0.6) is 0 Å². The second kappa shape index (κ2) is 3.35. The number of hydrogen-bond acceptors (Lipinski definition) is 2. The number of fused-ring (bicyclic) bond motifs is 1. The molecule has 0 aromatic carbocycles. The summed E-state index contributed by atoms with van der Waals surface area (Å²) in [5.74, 6) is 2.04. The maximum atomic E-state index is 2.48. The molecule has 0 aliphatic heterocycles. The number of rotatable bonds is 2. The highest BCUT2D eigenvalue weighted by Gasteiger charge is 2.63. The van der Waals surface area contributed by atoms with E-state index >= 15 is 0 Å². The van der Waals surface area contributed by atoms with Crippen LogP contribution in [0.2, 0.25) is 0 Å². The largest absolute Gasteiger partial charge is 0.161 e. The summed E-state index contributed by atoms with van der Waals surface area (Å²) < 4.78 is 0.536. The quantitative estimate of drug-likeness (QED) is 0.705. The Morgan fingerprint density at radius 2 is 1.71 bits per heavy atom. The van der Waals surface area contributed by atoms with Gasteiger partial charge >= 0.3 is 0 Å². The monoisotopic (exact) mass is 230 g/mol. The molecule has 0 saturated heterocycles. The third-order valence-electron chi connectivity index (χ3n) is 4.81. The van der Waals surface area contributed by atoms with E-state index in [1.54, 1.807) is 0 Å². The van der Waals surface area contributed by atoms with Crippen LogP contribution >= 0.6 is 23.5 Å². The van der Waals surface area contributed by atoms with Gasteiger partial charge in [0.2, 0.25) is 0 Å². The molecule has 2 fully saturated rings. The van der Waals surface area contributed by atoms with E-state index in [-0.39, 0.29) is 0 Å². The summed E-state index contributed by atoms with van der Waals surface area (Å²) in [4.78, 5) is 0. The summed E-state index contributed by atoms with van der Waals surface area (Å²) in [7, 11) is 0. The molecule has 0 aromatic heterocycles. The van der Waals surface area contributed by atoms with Gasteiger partial charge in [-0.2, -0.15) is 23.5 Å². The molecule has 0 unspecified atom stereocenters. The van der Waals surface area contributed by atoms with Gasteiger partial charge in [0, 0.05) is 10.00 Å². The molecule has 0 aromatic rings. The minimum Gasteiger partial charge on any atom is -0.161 e. The minimum atomic E-state index is 0.536. The molecule has 2 heteroatoms. The normalized spacial score (nSPS) is 49.9. The molecule has 0 heterocycles. The molecule has 0 amide bonds. The van der Waals surface area contributed by atoms with Crippen molar-refractivity contribution in [1.82, 2.24) is 0 Å². The summed E-state index contributed by atoms with van der Waals surface area (Å²) in [5, 5.41) is 0.875. The molecule has 2 saturated carbocycles. The third-order valence-corrected chi connectivity index (χ3v) is 7.63. The van der Waals surface area contributed by atoms with E-state index in [0.717, 1.165) is 17.1 Å². The Morgan fingerprint density at radius 1 is 1.07 bits per heavy atom. The van der Waals surface area contributed by atoms with Gasteiger partial charge in [0.1, 0.15) is 0 Å². The van der Waals surface area contributed by atoms with Crippen LogP contribution in [0, 0.1) is 17.3 Å². The zero-order valence-electron chi connectivity index (χ0n) is 9.96. The van der Waals surface area contributed by atoms with E-state index < -0.39 is 0 Å². The molecule has 4 atom stereocenters. The first-order valence-corrected chi connectivity index (χ1v) is 8.05. The van der Waals surface area contributed by atoms with Crippen LogP contribution in [0.1, 0.15) is 33.6 Å². The highest BCUT2D eigenvalue weighted by Crippen LogP contribution is 2.69. The van der Waals surface area contributed by atoms with E-state index in [9.17, 15) is 0 Å². The van der Waals surface area contributed by atoms with Gasteiger partial charge in [0.15, 0.2) is 0 Å².